The second-order valence-electron chi connectivity index (χ2n) is 4.62. The zero-order chi connectivity index (χ0) is 11.1. The highest BCUT2D eigenvalue weighted by Gasteiger charge is 2.54. The molecule has 2 aliphatic rings. The molecule has 1 saturated carbocycles. The van der Waals surface area contributed by atoms with E-state index in [4.69, 9.17) is 0 Å². The fraction of sp³-hybridized carbons (Fsp3) is 0.636. The Balaban J connectivity index is 1.81. The van der Waals surface area contributed by atoms with Crippen LogP contribution in [0.3, 0.4) is 0 Å². The number of likely N-dealkylation sites (tertiary alicyclic amines) is 1. The average Bonchev–Trinajstić information content (AvgIpc) is 2.76. The van der Waals surface area contributed by atoms with Crippen LogP contribution in [0.2, 0.25) is 0 Å². The van der Waals surface area contributed by atoms with E-state index in [0.29, 0.717) is 18.5 Å². The number of aromatic nitrogens is 2. The van der Waals surface area contributed by atoms with Crippen molar-refractivity contribution in [1.82, 2.24) is 20.2 Å². The van der Waals surface area contributed by atoms with Crippen molar-refractivity contribution in [3.05, 3.63) is 18.2 Å². The summed E-state index contributed by atoms with van der Waals surface area (Å²) in [4.78, 5) is 21.4. The molecular formula is C11H16N4O. The predicted octanol–water partition coefficient (Wildman–Crippen LogP) is 0.291. The molecule has 1 aliphatic heterocycles. The summed E-state index contributed by atoms with van der Waals surface area (Å²) in [6.07, 6.45) is 5.81. The summed E-state index contributed by atoms with van der Waals surface area (Å²) >= 11 is 0. The van der Waals surface area contributed by atoms with Gasteiger partial charge in [-0.1, -0.05) is 0 Å². The van der Waals surface area contributed by atoms with Gasteiger partial charge in [0.05, 0.1) is 12.6 Å². The van der Waals surface area contributed by atoms with E-state index in [9.17, 15) is 4.79 Å². The van der Waals surface area contributed by atoms with E-state index in [0.717, 1.165) is 12.2 Å². The second kappa shape index (κ2) is 3.59. The number of piperidine rings is 1. The summed E-state index contributed by atoms with van der Waals surface area (Å²) in [7, 11) is 1.81. The Morgan fingerprint density at radius 2 is 2.56 bits per heavy atom. The summed E-state index contributed by atoms with van der Waals surface area (Å²) in [5.41, 5.74) is 0. The van der Waals surface area contributed by atoms with Crippen LogP contribution in [-0.4, -0.2) is 40.4 Å². The van der Waals surface area contributed by atoms with Crippen LogP contribution in [0.1, 0.15) is 24.7 Å². The third-order valence-electron chi connectivity index (χ3n) is 3.56. The van der Waals surface area contributed by atoms with Gasteiger partial charge in [-0.05, 0) is 25.8 Å². The minimum Gasteiger partial charge on any atom is -0.347 e. The molecule has 1 saturated heterocycles. The molecule has 3 rings (SSSR count). The van der Waals surface area contributed by atoms with Crippen molar-refractivity contribution in [1.29, 1.82) is 0 Å². The first-order valence-corrected chi connectivity index (χ1v) is 5.76. The Hall–Kier alpha value is -1.36. The molecule has 86 valence electrons. The Morgan fingerprint density at radius 1 is 1.69 bits per heavy atom. The highest BCUT2D eigenvalue weighted by molar-refractivity contribution is 5.80. The number of likely N-dealkylation sites (N-methyl/N-ethyl adjacent to an activating group) is 1. The minimum absolute atomic E-state index is 0.166. The van der Waals surface area contributed by atoms with Crippen molar-refractivity contribution < 1.29 is 4.79 Å². The molecule has 0 radical (unpaired) electrons. The molecule has 3 atom stereocenters. The van der Waals surface area contributed by atoms with Crippen molar-refractivity contribution in [2.45, 2.75) is 24.9 Å². The molecule has 0 spiro atoms. The van der Waals surface area contributed by atoms with Gasteiger partial charge >= 0.3 is 0 Å². The molecule has 5 nitrogen and oxygen atoms in total. The molecule has 2 fully saturated rings. The number of aromatic amines is 1. The molecule has 2 heterocycles. The van der Waals surface area contributed by atoms with Crippen LogP contribution in [0.15, 0.2) is 12.4 Å². The van der Waals surface area contributed by atoms with Crippen LogP contribution in [0.25, 0.3) is 0 Å². The normalized spacial score (nSPS) is 31.6. The Kier molecular flexibility index (Phi) is 2.21. The summed E-state index contributed by atoms with van der Waals surface area (Å²) in [5.74, 6) is 1.82. The van der Waals surface area contributed by atoms with Crippen LogP contribution in [0.5, 0.6) is 0 Å². The van der Waals surface area contributed by atoms with Crippen molar-refractivity contribution in [3.63, 3.8) is 0 Å². The molecule has 2 unspecified atom stereocenters. The van der Waals surface area contributed by atoms with E-state index in [2.05, 4.69) is 15.3 Å². The number of amides is 1. The fourth-order valence-electron chi connectivity index (χ4n) is 2.76. The molecule has 1 aromatic rings. The first kappa shape index (κ1) is 9.84. The Morgan fingerprint density at radius 3 is 3.25 bits per heavy atom. The van der Waals surface area contributed by atoms with Gasteiger partial charge in [0, 0.05) is 18.4 Å². The summed E-state index contributed by atoms with van der Waals surface area (Å²) in [6.45, 7) is 0.417. The van der Waals surface area contributed by atoms with Gasteiger partial charge in [0.1, 0.15) is 5.82 Å². The molecule has 16 heavy (non-hydrogen) atoms. The molecule has 2 N–H and O–H groups in total. The van der Waals surface area contributed by atoms with Crippen LogP contribution >= 0.6 is 0 Å². The molecule has 1 aromatic heterocycles. The number of carbonyl (C=O) groups excluding carboxylic acids is 1. The highest BCUT2D eigenvalue weighted by Crippen LogP contribution is 2.52. The molecule has 0 bridgehead atoms. The van der Waals surface area contributed by atoms with Gasteiger partial charge in [0.25, 0.3) is 0 Å². The van der Waals surface area contributed by atoms with Crippen LogP contribution in [0, 0.1) is 5.92 Å². The maximum absolute atomic E-state index is 12.0. The fourth-order valence-corrected chi connectivity index (χ4v) is 2.76. The van der Waals surface area contributed by atoms with Crippen LogP contribution in [-0.2, 0) is 4.79 Å². The van der Waals surface area contributed by atoms with E-state index < -0.39 is 0 Å². The third-order valence-corrected chi connectivity index (χ3v) is 3.56. The monoisotopic (exact) mass is 220 g/mol. The van der Waals surface area contributed by atoms with E-state index >= 15 is 0 Å². The number of nitrogens with zero attached hydrogens (tertiary/aromatic N) is 2. The predicted molar refractivity (Wildman–Crippen MR) is 58.6 cm³/mol. The number of nitrogens with one attached hydrogen (secondary N) is 2. The molecule has 1 aliphatic carbocycles. The lowest BCUT2D eigenvalue weighted by molar-refractivity contribution is -0.132. The smallest absolute Gasteiger partial charge is 0.237 e. The summed E-state index contributed by atoms with van der Waals surface area (Å²) in [6, 6.07) is 0.635. The maximum atomic E-state index is 12.0. The number of hydrogen-bond donors (Lipinski definition) is 2. The van der Waals surface area contributed by atoms with E-state index in [1.165, 1.54) is 6.42 Å². The standard InChI is InChI=1S/C11H16N4O/c1-12-6-10(16)15-8-4-7(8)5-9(15)11-13-2-3-14-11/h2-3,7-9,12H,4-6H2,1H3,(H,13,14)/t7?,8?,9-/m0/s1. The number of H-pyrrole nitrogens is 1. The zero-order valence-electron chi connectivity index (χ0n) is 9.31. The quantitative estimate of drug-likeness (QED) is 0.769. The Labute approximate surface area is 94.2 Å². The van der Waals surface area contributed by atoms with Crippen molar-refractivity contribution in [3.8, 4) is 0 Å². The third kappa shape index (κ3) is 1.43. The van der Waals surface area contributed by atoms with Gasteiger partial charge in [-0.2, -0.15) is 0 Å². The zero-order valence-corrected chi connectivity index (χ0v) is 9.31. The molecule has 5 heteroatoms. The highest BCUT2D eigenvalue weighted by atomic mass is 16.2. The average molecular weight is 220 g/mol. The van der Waals surface area contributed by atoms with Gasteiger partial charge in [0.2, 0.25) is 5.91 Å². The molecular weight excluding hydrogens is 204 g/mol. The number of hydrogen-bond acceptors (Lipinski definition) is 3. The van der Waals surface area contributed by atoms with E-state index in [1.54, 1.807) is 13.2 Å². The van der Waals surface area contributed by atoms with Gasteiger partial charge in [0.15, 0.2) is 0 Å². The maximum Gasteiger partial charge on any atom is 0.237 e. The SMILES string of the molecule is CNCC(=O)N1C2CC2C[C@H]1c1ncc[nH]1. The summed E-state index contributed by atoms with van der Waals surface area (Å²) < 4.78 is 0. The number of imidazole rings is 1. The lowest BCUT2D eigenvalue weighted by atomic mass is 10.1. The van der Waals surface area contributed by atoms with Gasteiger partial charge in [-0.25, -0.2) is 4.98 Å². The van der Waals surface area contributed by atoms with Gasteiger partial charge in [-0.15, -0.1) is 0 Å². The first-order valence-electron chi connectivity index (χ1n) is 5.76. The topological polar surface area (TPSA) is 61.0 Å². The summed E-state index contributed by atoms with van der Waals surface area (Å²) in [5, 5.41) is 2.93. The Bertz CT molecular complexity index is 389. The number of carbonyl (C=O) groups is 1. The number of rotatable bonds is 3. The van der Waals surface area contributed by atoms with Gasteiger partial charge in [-0.3, -0.25) is 4.79 Å². The van der Waals surface area contributed by atoms with Crippen LogP contribution < -0.4 is 5.32 Å². The lowest BCUT2D eigenvalue weighted by Crippen LogP contribution is -2.39. The molecule has 0 aromatic carbocycles. The van der Waals surface area contributed by atoms with Crippen molar-refractivity contribution >= 4 is 5.91 Å². The van der Waals surface area contributed by atoms with Crippen LogP contribution in [0.4, 0.5) is 0 Å². The van der Waals surface area contributed by atoms with E-state index in [1.807, 2.05) is 11.1 Å². The first-order chi connectivity index (χ1) is 7.81. The van der Waals surface area contributed by atoms with Gasteiger partial charge < -0.3 is 15.2 Å². The lowest BCUT2D eigenvalue weighted by Gasteiger charge is -2.26. The van der Waals surface area contributed by atoms with E-state index in [-0.39, 0.29) is 11.9 Å². The second-order valence-corrected chi connectivity index (χ2v) is 4.62. The van der Waals surface area contributed by atoms with Crippen molar-refractivity contribution in [2.75, 3.05) is 13.6 Å². The minimum atomic E-state index is 0.166. The number of fused-ring (bicyclic) bond motifs is 1. The van der Waals surface area contributed by atoms with Crippen molar-refractivity contribution in [2.24, 2.45) is 5.92 Å². The molecule has 1 amide bonds. The largest absolute Gasteiger partial charge is 0.347 e.